The van der Waals surface area contributed by atoms with Crippen molar-refractivity contribution in [1.82, 2.24) is 0 Å². The summed E-state index contributed by atoms with van der Waals surface area (Å²) in [6.45, 7) is 2.11. The van der Waals surface area contributed by atoms with Gasteiger partial charge >= 0.3 is 0 Å². The van der Waals surface area contributed by atoms with E-state index in [0.717, 1.165) is 17.1 Å². The highest BCUT2D eigenvalue weighted by Gasteiger charge is 2.17. The maximum atomic E-state index is 6.16. The molecule has 3 N–H and O–H groups in total. The third-order valence-corrected chi connectivity index (χ3v) is 9.76. The number of anilines is 3. The Kier molecular flexibility index (Phi) is 9.50. The SMILES string of the molecule is Cc1ccc(-c2ccccc2)cc1.Nc1ccccc1Nc1ccc(-c2c3ccccc3c(-c3cccc(-c4ccccc4)c3)c3ccccc23)cc1. The normalized spacial score (nSPS) is 10.8. The lowest BCUT2D eigenvalue weighted by molar-refractivity contribution is 1.47. The molecule has 9 aromatic carbocycles. The van der Waals surface area contributed by atoms with Gasteiger partial charge in [0.15, 0.2) is 0 Å². The van der Waals surface area contributed by atoms with E-state index in [9.17, 15) is 0 Å². The van der Waals surface area contributed by atoms with E-state index in [2.05, 4.69) is 188 Å². The molecule has 9 aromatic rings. The summed E-state index contributed by atoms with van der Waals surface area (Å²) in [4.78, 5) is 0. The van der Waals surface area contributed by atoms with Gasteiger partial charge in [0.05, 0.1) is 11.4 Å². The minimum absolute atomic E-state index is 0.732. The van der Waals surface area contributed by atoms with Crippen LogP contribution in [0.1, 0.15) is 5.56 Å². The average molecular weight is 681 g/mol. The summed E-state index contributed by atoms with van der Waals surface area (Å²) in [6, 6.07) is 72.6. The molecule has 0 aliphatic carbocycles. The number of hydrogen-bond donors (Lipinski definition) is 2. The Morgan fingerprint density at radius 2 is 0.755 bits per heavy atom. The Morgan fingerprint density at radius 1 is 0.340 bits per heavy atom. The zero-order valence-electron chi connectivity index (χ0n) is 29.7. The van der Waals surface area contributed by atoms with E-state index in [1.54, 1.807) is 0 Å². The third-order valence-electron chi connectivity index (χ3n) is 9.76. The van der Waals surface area contributed by atoms with E-state index in [1.165, 1.54) is 71.6 Å². The van der Waals surface area contributed by atoms with Crippen LogP contribution in [0, 0.1) is 6.92 Å². The molecule has 0 fully saturated rings. The Hall–Kier alpha value is -6.90. The van der Waals surface area contributed by atoms with Crippen LogP contribution in [0.2, 0.25) is 0 Å². The van der Waals surface area contributed by atoms with E-state index in [1.807, 2.05) is 30.3 Å². The number of fused-ring (bicyclic) bond motifs is 2. The molecule has 9 rings (SSSR count). The van der Waals surface area contributed by atoms with E-state index >= 15 is 0 Å². The lowest BCUT2D eigenvalue weighted by Gasteiger charge is -2.18. The van der Waals surface area contributed by atoms with Gasteiger partial charge in [0.1, 0.15) is 0 Å². The first-order valence-electron chi connectivity index (χ1n) is 18.1. The number of aryl methyl sites for hydroxylation is 1. The maximum Gasteiger partial charge on any atom is 0.0617 e. The number of para-hydroxylation sites is 2. The van der Waals surface area contributed by atoms with Gasteiger partial charge in [0.2, 0.25) is 0 Å². The number of nitrogens with one attached hydrogen (secondary N) is 1. The van der Waals surface area contributed by atoms with Gasteiger partial charge in [-0.1, -0.05) is 181 Å². The highest BCUT2D eigenvalue weighted by molar-refractivity contribution is 6.21. The summed E-state index contributed by atoms with van der Waals surface area (Å²) < 4.78 is 0. The van der Waals surface area contributed by atoms with Crippen molar-refractivity contribution in [3.8, 4) is 44.5 Å². The smallest absolute Gasteiger partial charge is 0.0617 e. The molecule has 0 bridgehead atoms. The summed E-state index contributed by atoms with van der Waals surface area (Å²) in [5, 5.41) is 8.44. The lowest BCUT2D eigenvalue weighted by atomic mass is 9.85. The van der Waals surface area contributed by atoms with Gasteiger partial charge in [-0.25, -0.2) is 0 Å². The molecule has 53 heavy (non-hydrogen) atoms. The molecule has 0 atom stereocenters. The Labute approximate surface area is 311 Å². The van der Waals surface area contributed by atoms with Crippen LogP contribution < -0.4 is 11.1 Å². The molecule has 0 amide bonds. The second-order valence-corrected chi connectivity index (χ2v) is 13.3. The van der Waals surface area contributed by atoms with Crippen LogP contribution in [-0.2, 0) is 0 Å². The first kappa shape index (κ1) is 33.3. The summed E-state index contributed by atoms with van der Waals surface area (Å²) in [5.41, 5.74) is 20.0. The molecule has 0 aliphatic heterocycles. The fraction of sp³-hybridized carbons (Fsp3) is 0.0196. The van der Waals surface area contributed by atoms with Crippen molar-refractivity contribution in [3.05, 3.63) is 212 Å². The number of hydrogen-bond acceptors (Lipinski definition) is 2. The molecule has 0 saturated heterocycles. The molecule has 2 nitrogen and oxygen atoms in total. The molecule has 0 aromatic heterocycles. The van der Waals surface area contributed by atoms with Crippen molar-refractivity contribution in [2.24, 2.45) is 0 Å². The monoisotopic (exact) mass is 680 g/mol. The zero-order chi connectivity index (χ0) is 36.0. The van der Waals surface area contributed by atoms with Crippen LogP contribution in [0.4, 0.5) is 17.1 Å². The fourth-order valence-electron chi connectivity index (χ4n) is 7.10. The van der Waals surface area contributed by atoms with Gasteiger partial charge in [0, 0.05) is 5.69 Å². The minimum Gasteiger partial charge on any atom is -0.397 e. The molecular formula is C51H40N2. The highest BCUT2D eigenvalue weighted by atomic mass is 14.9. The Balaban J connectivity index is 0.000000259. The van der Waals surface area contributed by atoms with E-state index in [4.69, 9.17) is 5.73 Å². The number of nitrogens with two attached hydrogens (primary N) is 1. The van der Waals surface area contributed by atoms with E-state index < -0.39 is 0 Å². The molecule has 0 saturated carbocycles. The second kappa shape index (κ2) is 15.1. The fourth-order valence-corrected chi connectivity index (χ4v) is 7.10. The largest absolute Gasteiger partial charge is 0.397 e. The summed E-state index contributed by atoms with van der Waals surface area (Å²) in [5.74, 6) is 0. The van der Waals surface area contributed by atoms with Crippen molar-refractivity contribution in [2.45, 2.75) is 6.92 Å². The van der Waals surface area contributed by atoms with Crippen LogP contribution in [-0.4, -0.2) is 0 Å². The second-order valence-electron chi connectivity index (χ2n) is 13.3. The van der Waals surface area contributed by atoms with Crippen LogP contribution in [0.3, 0.4) is 0 Å². The van der Waals surface area contributed by atoms with Crippen LogP contribution in [0.25, 0.3) is 66.1 Å². The topological polar surface area (TPSA) is 38.0 Å². The van der Waals surface area contributed by atoms with Crippen molar-refractivity contribution in [1.29, 1.82) is 0 Å². The Bertz CT molecular complexity index is 2570. The van der Waals surface area contributed by atoms with Crippen molar-refractivity contribution < 1.29 is 0 Å². The van der Waals surface area contributed by atoms with Crippen molar-refractivity contribution >= 4 is 38.6 Å². The maximum absolute atomic E-state index is 6.16. The molecule has 0 radical (unpaired) electrons. The minimum atomic E-state index is 0.732. The van der Waals surface area contributed by atoms with Crippen LogP contribution in [0.15, 0.2) is 206 Å². The molecule has 0 unspecified atom stereocenters. The average Bonchev–Trinajstić information content (AvgIpc) is 3.22. The van der Waals surface area contributed by atoms with Crippen LogP contribution in [0.5, 0.6) is 0 Å². The molecule has 0 heterocycles. The standard InChI is InChI=1S/C38H28N2.C13H12/c39-35-19-8-9-20-36(35)40-30-23-21-27(22-24-30)37-31-15-4-6-17-33(31)38(34-18-7-5-16-32(34)37)29-14-10-13-28(25-29)26-11-2-1-3-12-26;1-11-7-9-13(10-8-11)12-5-3-2-4-6-12/h1-25,40H,39H2;2-10H,1H3. The molecular weight excluding hydrogens is 641 g/mol. The van der Waals surface area contributed by atoms with E-state index in [0.29, 0.717) is 0 Å². The van der Waals surface area contributed by atoms with Gasteiger partial charge in [-0.15, -0.1) is 0 Å². The first-order valence-corrected chi connectivity index (χ1v) is 18.1. The molecule has 0 aliphatic rings. The van der Waals surface area contributed by atoms with Gasteiger partial charge < -0.3 is 11.1 Å². The van der Waals surface area contributed by atoms with Crippen LogP contribution >= 0.6 is 0 Å². The first-order chi connectivity index (χ1) is 26.1. The van der Waals surface area contributed by atoms with Crippen molar-refractivity contribution in [3.63, 3.8) is 0 Å². The molecule has 0 spiro atoms. The summed E-state index contributed by atoms with van der Waals surface area (Å²) in [6.07, 6.45) is 0. The van der Waals surface area contributed by atoms with Gasteiger partial charge in [0.25, 0.3) is 0 Å². The van der Waals surface area contributed by atoms with Gasteiger partial charge in [-0.2, -0.15) is 0 Å². The number of rotatable bonds is 6. The zero-order valence-corrected chi connectivity index (χ0v) is 29.7. The third kappa shape index (κ3) is 7.17. The molecule has 254 valence electrons. The number of nitrogen functional groups attached to an aromatic ring is 1. The predicted molar refractivity (Wildman–Crippen MR) is 229 cm³/mol. The van der Waals surface area contributed by atoms with Gasteiger partial charge in [-0.3, -0.25) is 0 Å². The number of benzene rings is 9. The molecule has 2 heteroatoms. The lowest BCUT2D eigenvalue weighted by Crippen LogP contribution is -1.96. The predicted octanol–water partition coefficient (Wildman–Crippen LogP) is 14.0. The summed E-state index contributed by atoms with van der Waals surface area (Å²) in [7, 11) is 0. The van der Waals surface area contributed by atoms with Gasteiger partial charge in [-0.05, 0) is 103 Å². The highest BCUT2D eigenvalue weighted by Crippen LogP contribution is 2.44. The summed E-state index contributed by atoms with van der Waals surface area (Å²) >= 11 is 0. The Morgan fingerprint density at radius 3 is 1.32 bits per heavy atom. The van der Waals surface area contributed by atoms with Crippen molar-refractivity contribution in [2.75, 3.05) is 11.1 Å². The quantitative estimate of drug-likeness (QED) is 0.135. The van der Waals surface area contributed by atoms with E-state index in [-0.39, 0.29) is 0 Å².